The van der Waals surface area contributed by atoms with Crippen LogP contribution in [0.2, 0.25) is 0 Å². The molecule has 18 heteroatoms. The van der Waals surface area contributed by atoms with Crippen LogP contribution in [0.5, 0.6) is 5.75 Å². The van der Waals surface area contributed by atoms with Crippen molar-refractivity contribution in [2.24, 2.45) is 5.92 Å². The first kappa shape index (κ1) is 40.8. The van der Waals surface area contributed by atoms with Crippen LogP contribution in [0.4, 0.5) is 8.78 Å². The molecule has 7 rings (SSSR count). The second-order valence-corrected chi connectivity index (χ2v) is 16.8. The van der Waals surface area contributed by atoms with Gasteiger partial charge in [0, 0.05) is 87.2 Å². The number of likely N-dealkylation sites (tertiary alicyclic amines) is 1. The number of nitrogens with one attached hydrogen (secondary N) is 1. The van der Waals surface area contributed by atoms with Crippen LogP contribution in [0.3, 0.4) is 0 Å². The highest BCUT2D eigenvalue weighted by atomic mass is 32.2. The predicted molar refractivity (Wildman–Crippen MR) is 209 cm³/mol. The minimum atomic E-state index is -3.06. The maximum Gasteiger partial charge on any atom is 0.387 e. The van der Waals surface area contributed by atoms with E-state index in [4.69, 9.17) is 9.47 Å². The Bertz CT molecular complexity index is 1910. The number of thioether (sulfide) groups is 1. The minimum Gasteiger partial charge on any atom is -0.434 e. The van der Waals surface area contributed by atoms with E-state index in [9.17, 15) is 23.2 Å². The quantitative estimate of drug-likeness (QED) is 0.255. The maximum absolute atomic E-state index is 13.9. The van der Waals surface area contributed by atoms with Gasteiger partial charge in [-0.3, -0.25) is 24.2 Å². The number of likely N-dealkylation sites (N-methyl/N-ethyl adjacent to an activating group) is 1. The molecule has 3 amide bonds. The topological polar surface area (TPSA) is 131 Å². The average molecular weight is 811 g/mol. The number of morpholine rings is 1. The number of rotatable bonds is 13. The molecule has 1 atom stereocenters. The molecule has 4 aliphatic rings. The number of piperidine rings is 1. The lowest BCUT2D eigenvalue weighted by Gasteiger charge is -2.39. The second kappa shape index (κ2) is 18.5. The van der Waals surface area contributed by atoms with Crippen LogP contribution in [-0.2, 0) is 14.3 Å². The summed E-state index contributed by atoms with van der Waals surface area (Å²) in [6.07, 6.45) is 8.45. The number of piperazine rings is 1. The Morgan fingerprint density at radius 2 is 1.68 bits per heavy atom. The molecule has 0 bridgehead atoms. The van der Waals surface area contributed by atoms with E-state index in [1.165, 1.54) is 16.8 Å². The number of benzene rings is 1. The highest BCUT2D eigenvalue weighted by molar-refractivity contribution is 7.99. The summed E-state index contributed by atoms with van der Waals surface area (Å²) in [6.45, 7) is 9.52. The number of hydrazine groups is 1. The van der Waals surface area contributed by atoms with Crippen LogP contribution >= 0.6 is 11.8 Å². The van der Waals surface area contributed by atoms with Crippen molar-refractivity contribution in [1.29, 1.82) is 0 Å². The van der Waals surface area contributed by atoms with Crippen LogP contribution in [0.1, 0.15) is 48.7 Å². The van der Waals surface area contributed by atoms with Gasteiger partial charge in [0.15, 0.2) is 5.65 Å². The fraction of sp³-hybridized carbons (Fsp3) is 0.564. The number of carbonyl (C=O) groups excluding carboxylic acids is 3. The van der Waals surface area contributed by atoms with Gasteiger partial charge in [0.2, 0.25) is 11.8 Å². The summed E-state index contributed by atoms with van der Waals surface area (Å²) < 4.78 is 39.4. The number of amides is 3. The summed E-state index contributed by atoms with van der Waals surface area (Å²) in [4.78, 5) is 54.0. The molecule has 308 valence electrons. The first-order chi connectivity index (χ1) is 27.5. The normalized spacial score (nSPS) is 20.5. The molecule has 6 heterocycles. The van der Waals surface area contributed by atoms with Gasteiger partial charge in [0.05, 0.1) is 37.7 Å². The van der Waals surface area contributed by atoms with Gasteiger partial charge in [0.25, 0.3) is 5.91 Å². The molecule has 3 fully saturated rings. The number of ether oxygens (including phenoxy) is 2. The smallest absolute Gasteiger partial charge is 0.387 e. The first-order valence-corrected chi connectivity index (χ1v) is 20.5. The van der Waals surface area contributed by atoms with Crippen molar-refractivity contribution >= 4 is 35.1 Å². The number of hydrogen-bond donors (Lipinski definition) is 1. The molecule has 1 aromatic carbocycles. The Kier molecular flexibility index (Phi) is 13.2. The van der Waals surface area contributed by atoms with Crippen molar-refractivity contribution in [2.45, 2.75) is 49.5 Å². The van der Waals surface area contributed by atoms with Gasteiger partial charge >= 0.3 is 6.61 Å². The first-order valence-electron chi connectivity index (χ1n) is 19.7. The Morgan fingerprint density at radius 1 is 0.965 bits per heavy atom. The number of alkyl halides is 2. The molecule has 4 aliphatic heterocycles. The minimum absolute atomic E-state index is 0.0161. The third-order valence-corrected chi connectivity index (χ3v) is 12.0. The van der Waals surface area contributed by atoms with Crippen molar-refractivity contribution in [3.63, 3.8) is 0 Å². The van der Waals surface area contributed by atoms with E-state index in [2.05, 4.69) is 25.2 Å². The van der Waals surface area contributed by atoms with Crippen molar-refractivity contribution in [1.82, 2.24) is 49.5 Å². The molecule has 0 saturated carbocycles. The highest BCUT2D eigenvalue weighted by Gasteiger charge is 2.38. The number of aromatic nitrogens is 3. The van der Waals surface area contributed by atoms with Gasteiger partial charge in [0.1, 0.15) is 17.9 Å². The Balaban J connectivity index is 0.991. The summed E-state index contributed by atoms with van der Waals surface area (Å²) >= 11 is 1.58. The van der Waals surface area contributed by atoms with Gasteiger partial charge in [-0.2, -0.15) is 13.9 Å². The standard InChI is InChI=1S/C39H52F2N10O5S/c1-27(2)57-29-5-6-33(56-39(40)41)30(21-29)36-32(44-38(54)31-22-43-51-10-4-9-42-37(31)51)24-50(45(36)3)26-35(53)48-15-13-47(14-16-48)23-28-7-11-46(12-8-28)25-34(52)49-17-19-55-20-18-49/h4-6,9-10,21-22,24,27-28,36,39H,7-8,11-20,23,25-26H2,1-3H3,(H,44,54). The molecule has 15 nitrogen and oxygen atoms in total. The fourth-order valence-electron chi connectivity index (χ4n) is 7.99. The molecule has 3 aromatic rings. The van der Waals surface area contributed by atoms with Gasteiger partial charge < -0.3 is 29.6 Å². The largest absolute Gasteiger partial charge is 0.434 e. The summed E-state index contributed by atoms with van der Waals surface area (Å²) in [5.74, 6) is 0.148. The Morgan fingerprint density at radius 3 is 2.40 bits per heavy atom. The van der Waals surface area contributed by atoms with Gasteiger partial charge in [-0.25, -0.2) is 14.5 Å². The molecule has 57 heavy (non-hydrogen) atoms. The number of fused-ring (bicyclic) bond motifs is 1. The molecule has 2 aromatic heterocycles. The van der Waals surface area contributed by atoms with Crippen LogP contribution in [0.25, 0.3) is 5.65 Å². The number of carbonyl (C=O) groups is 3. The van der Waals surface area contributed by atoms with E-state index in [0.717, 1.165) is 50.5 Å². The SMILES string of the molecule is CC(C)Sc1ccc(OC(F)F)c(C2C(NC(=O)c3cnn4cccnc34)=CN(CC(=O)N3CCN(CC4CCN(CC(=O)N5CCOCC5)CC4)CC3)N2C)c1. The molecule has 3 saturated heterocycles. The fourth-order valence-corrected chi connectivity index (χ4v) is 8.87. The third kappa shape index (κ3) is 10.0. The molecular formula is C39H52F2N10O5S. The lowest BCUT2D eigenvalue weighted by molar-refractivity contribution is -0.138. The van der Waals surface area contributed by atoms with E-state index in [1.807, 2.05) is 23.6 Å². The van der Waals surface area contributed by atoms with Crippen molar-refractivity contribution in [2.75, 3.05) is 92.3 Å². The molecule has 0 spiro atoms. The predicted octanol–water partition coefficient (Wildman–Crippen LogP) is 3.02. The second-order valence-electron chi connectivity index (χ2n) is 15.2. The highest BCUT2D eigenvalue weighted by Crippen LogP contribution is 2.41. The van der Waals surface area contributed by atoms with Crippen LogP contribution < -0.4 is 10.1 Å². The molecule has 1 unspecified atom stereocenters. The molecule has 0 radical (unpaired) electrons. The molecule has 1 N–H and O–H groups in total. The van der Waals surface area contributed by atoms with Gasteiger partial charge in [-0.15, -0.1) is 11.8 Å². The van der Waals surface area contributed by atoms with E-state index >= 15 is 0 Å². The summed E-state index contributed by atoms with van der Waals surface area (Å²) in [5, 5.41) is 10.9. The summed E-state index contributed by atoms with van der Waals surface area (Å²) in [5.41, 5.74) is 1.41. The van der Waals surface area contributed by atoms with E-state index in [-0.39, 0.29) is 34.9 Å². The third-order valence-electron chi connectivity index (χ3n) is 11.0. The van der Waals surface area contributed by atoms with E-state index < -0.39 is 18.6 Å². The number of halogens is 2. The lowest BCUT2D eigenvalue weighted by Crippen LogP contribution is -2.53. The van der Waals surface area contributed by atoms with Crippen LogP contribution in [-0.4, -0.2) is 166 Å². The zero-order valence-electron chi connectivity index (χ0n) is 32.8. The molecule has 0 aliphatic carbocycles. The average Bonchev–Trinajstić information content (AvgIpc) is 3.76. The van der Waals surface area contributed by atoms with E-state index in [1.54, 1.807) is 65.6 Å². The van der Waals surface area contributed by atoms with E-state index in [0.29, 0.717) is 68.8 Å². The maximum atomic E-state index is 13.9. The van der Waals surface area contributed by atoms with Crippen molar-refractivity contribution in [3.05, 3.63) is 65.9 Å². The number of hydrogen-bond acceptors (Lipinski definition) is 12. The zero-order valence-corrected chi connectivity index (χ0v) is 33.6. The summed E-state index contributed by atoms with van der Waals surface area (Å²) in [7, 11) is 1.76. The van der Waals surface area contributed by atoms with Crippen LogP contribution in [0.15, 0.2) is 59.6 Å². The van der Waals surface area contributed by atoms with Gasteiger partial charge in [-0.05, 0) is 56.1 Å². The van der Waals surface area contributed by atoms with Crippen LogP contribution in [0, 0.1) is 5.92 Å². The number of nitrogens with zero attached hydrogens (tertiary/aromatic N) is 9. The Hall–Kier alpha value is -4.36. The Labute approximate surface area is 335 Å². The van der Waals surface area contributed by atoms with Crippen molar-refractivity contribution in [3.8, 4) is 5.75 Å². The van der Waals surface area contributed by atoms with Crippen molar-refractivity contribution < 1.29 is 32.6 Å². The summed E-state index contributed by atoms with van der Waals surface area (Å²) in [6, 6.07) is 6.02. The van der Waals surface area contributed by atoms with Gasteiger partial charge in [-0.1, -0.05) is 13.8 Å². The zero-order chi connectivity index (χ0) is 40.1. The molecular weight excluding hydrogens is 759 g/mol. The monoisotopic (exact) mass is 810 g/mol. The lowest BCUT2D eigenvalue weighted by atomic mass is 9.96.